The van der Waals surface area contributed by atoms with Crippen LogP contribution in [-0.4, -0.2) is 83.2 Å². The maximum absolute atomic E-state index is 13.9. The Labute approximate surface area is 267 Å². The van der Waals surface area contributed by atoms with Crippen LogP contribution >= 0.6 is 7.82 Å². The molecule has 4 rings (SSSR count). The Kier molecular flexibility index (Phi) is 9.12. The molecule has 0 spiro atoms. The molecular formula is C28H44N5O12P. The number of anilines is 3. The fraction of sp³-hybridized carbons (Fsp3) is 0.750. The number of carbonyl (C=O) groups excluding carboxylic acids is 3. The van der Waals surface area contributed by atoms with E-state index >= 15 is 0 Å². The van der Waals surface area contributed by atoms with Crippen LogP contribution in [0.5, 0.6) is 0 Å². The summed E-state index contributed by atoms with van der Waals surface area (Å²) < 4.78 is 51.9. The summed E-state index contributed by atoms with van der Waals surface area (Å²) in [5.74, 6) is -0.889. The Morgan fingerprint density at radius 2 is 1.52 bits per heavy atom. The van der Waals surface area contributed by atoms with Gasteiger partial charge >= 0.3 is 26.1 Å². The van der Waals surface area contributed by atoms with Crippen LogP contribution in [0, 0.1) is 5.41 Å². The normalized spacial score (nSPS) is 27.3. The van der Waals surface area contributed by atoms with E-state index in [1.807, 2.05) is 0 Å². The quantitative estimate of drug-likeness (QED) is 0.317. The summed E-state index contributed by atoms with van der Waals surface area (Å²) in [6.07, 6.45) is -6.21. The second-order valence-electron chi connectivity index (χ2n) is 14.7. The molecule has 2 N–H and O–H groups in total. The predicted molar refractivity (Wildman–Crippen MR) is 164 cm³/mol. The first-order valence-corrected chi connectivity index (χ1v) is 16.2. The molecule has 1 aromatic rings. The van der Waals surface area contributed by atoms with Crippen molar-refractivity contribution in [3.63, 3.8) is 0 Å². The minimum absolute atomic E-state index is 0.193. The summed E-state index contributed by atoms with van der Waals surface area (Å²) in [5.41, 5.74) is -5.10. The van der Waals surface area contributed by atoms with E-state index in [2.05, 4.69) is 15.3 Å². The maximum atomic E-state index is 13.9. The summed E-state index contributed by atoms with van der Waals surface area (Å²) >= 11 is 0. The summed E-state index contributed by atoms with van der Waals surface area (Å²) in [6.45, 7) is 17.9. The van der Waals surface area contributed by atoms with Gasteiger partial charge < -0.3 is 24.3 Å². The number of nitrogens with one attached hydrogen (secondary N) is 2. The number of rotatable bonds is 2. The van der Waals surface area contributed by atoms with Gasteiger partial charge in [-0.2, -0.15) is 4.98 Å². The molecule has 2 fully saturated rings. The molecule has 0 aliphatic carbocycles. The zero-order chi connectivity index (χ0) is 34.8. The number of aromatic amines is 1. The molecule has 4 heterocycles. The van der Waals surface area contributed by atoms with Gasteiger partial charge in [0.1, 0.15) is 34.7 Å². The maximum Gasteiger partial charge on any atom is 0.474 e. The predicted octanol–water partition coefficient (Wildman–Crippen LogP) is 4.90. The third kappa shape index (κ3) is 7.33. The smallest absolute Gasteiger partial charge is 0.443 e. The van der Waals surface area contributed by atoms with Crippen LogP contribution in [0.2, 0.25) is 0 Å². The molecule has 0 radical (unpaired) electrons. The molecule has 3 aliphatic rings. The fourth-order valence-corrected chi connectivity index (χ4v) is 6.35. The van der Waals surface area contributed by atoms with Gasteiger partial charge in [0.15, 0.2) is 12.0 Å². The summed E-state index contributed by atoms with van der Waals surface area (Å²) in [7, 11) is -2.71. The second kappa shape index (κ2) is 11.8. The molecule has 0 bridgehead atoms. The van der Waals surface area contributed by atoms with Crippen molar-refractivity contribution in [1.82, 2.24) is 9.97 Å². The zero-order valence-electron chi connectivity index (χ0n) is 28.2. The van der Waals surface area contributed by atoms with Crippen molar-refractivity contribution < 1.29 is 51.5 Å². The molecule has 5 atom stereocenters. The Balaban J connectivity index is 1.89. The number of hydrogen-bond acceptors (Lipinski definition) is 14. The number of amides is 3. The lowest BCUT2D eigenvalue weighted by atomic mass is 9.73. The van der Waals surface area contributed by atoms with Gasteiger partial charge in [0.25, 0.3) is 5.56 Å². The molecule has 0 saturated carbocycles. The fourth-order valence-electron chi connectivity index (χ4n) is 5.08. The van der Waals surface area contributed by atoms with Gasteiger partial charge in [-0.3, -0.25) is 23.3 Å². The topological polar surface area (TPSA) is 197 Å². The first-order chi connectivity index (χ1) is 20.9. The number of hydrogen-bond donors (Lipinski definition) is 2. The minimum Gasteiger partial charge on any atom is -0.443 e. The molecule has 17 nitrogen and oxygen atoms in total. The largest absolute Gasteiger partial charge is 0.474 e. The molecule has 3 amide bonds. The van der Waals surface area contributed by atoms with Crippen LogP contribution in [0.15, 0.2) is 4.79 Å². The van der Waals surface area contributed by atoms with Gasteiger partial charge in [0.05, 0.1) is 12.6 Å². The van der Waals surface area contributed by atoms with Crippen molar-refractivity contribution in [3.05, 3.63) is 10.4 Å². The average molecular weight is 674 g/mol. The van der Waals surface area contributed by atoms with E-state index in [9.17, 15) is 23.7 Å². The molecule has 18 heteroatoms. The number of carbonyl (C=O) groups is 3. The minimum atomic E-state index is -3.90. The lowest BCUT2D eigenvalue weighted by Crippen LogP contribution is -2.71. The molecule has 5 unspecified atom stereocenters. The first-order valence-electron chi connectivity index (χ1n) is 14.7. The van der Waals surface area contributed by atoms with Crippen LogP contribution in [-0.2, 0) is 37.1 Å². The number of imide groups is 1. The number of fused-ring (bicyclic) bond motifs is 3. The van der Waals surface area contributed by atoms with Crippen molar-refractivity contribution in [2.24, 2.45) is 5.41 Å². The lowest BCUT2D eigenvalue weighted by molar-refractivity contribution is -0.203. The van der Waals surface area contributed by atoms with E-state index in [-0.39, 0.29) is 18.1 Å². The zero-order valence-corrected chi connectivity index (χ0v) is 29.1. The number of phosphoric ester groups is 1. The van der Waals surface area contributed by atoms with Gasteiger partial charge in [0, 0.05) is 12.5 Å². The highest BCUT2D eigenvalue weighted by molar-refractivity contribution is 7.48. The molecule has 1 aromatic heterocycles. The summed E-state index contributed by atoms with van der Waals surface area (Å²) in [6, 6.07) is -0.862. The van der Waals surface area contributed by atoms with Crippen LogP contribution in [0.4, 0.5) is 31.8 Å². The Morgan fingerprint density at radius 3 is 2.02 bits per heavy atom. The Bertz CT molecular complexity index is 1460. The van der Waals surface area contributed by atoms with E-state index < -0.39 is 84.3 Å². The number of aromatic nitrogens is 2. The highest BCUT2D eigenvalue weighted by atomic mass is 31.2. The third-order valence-electron chi connectivity index (χ3n) is 6.96. The number of H-pyrrole nitrogens is 1. The second-order valence-corrected chi connectivity index (χ2v) is 16.4. The Morgan fingerprint density at radius 1 is 0.978 bits per heavy atom. The standard InChI is InChI=1S/C28H44N5O12P/c1-25(2,3)42-22(35)32-18-15(29-16-20(32)41-14-13-40-46(38,39-12)45-17(14)28(16,10)11)19(34)31-21(30-18)33(23(36)43-26(4,5)6)24(37)44-27(7,8)9/h14,16-17,20,29H,13H2,1-12H3,(H,30,31,34). The van der Waals surface area contributed by atoms with Gasteiger partial charge in [-0.05, 0) is 62.3 Å². The number of phosphoric acid groups is 1. The van der Waals surface area contributed by atoms with Crippen LogP contribution in [0.25, 0.3) is 0 Å². The van der Waals surface area contributed by atoms with E-state index in [1.165, 1.54) is 7.11 Å². The first kappa shape index (κ1) is 35.6. The van der Waals surface area contributed by atoms with Gasteiger partial charge in [0.2, 0.25) is 5.95 Å². The summed E-state index contributed by atoms with van der Waals surface area (Å²) in [4.78, 5) is 62.7. The monoisotopic (exact) mass is 673 g/mol. The highest BCUT2D eigenvalue weighted by Crippen LogP contribution is 2.58. The molecule has 258 valence electrons. The van der Waals surface area contributed by atoms with Crippen molar-refractivity contribution in [2.75, 3.05) is 28.8 Å². The molecule has 46 heavy (non-hydrogen) atoms. The molecular weight excluding hydrogens is 629 g/mol. The number of ether oxygens (including phenoxy) is 4. The van der Waals surface area contributed by atoms with E-state index in [4.69, 9.17) is 32.5 Å². The van der Waals surface area contributed by atoms with Crippen LogP contribution in [0.3, 0.4) is 0 Å². The van der Waals surface area contributed by atoms with E-state index in [1.54, 1.807) is 76.2 Å². The van der Waals surface area contributed by atoms with E-state index in [0.717, 1.165) is 4.90 Å². The van der Waals surface area contributed by atoms with Gasteiger partial charge in [-0.25, -0.2) is 23.8 Å². The van der Waals surface area contributed by atoms with Gasteiger partial charge in [-0.1, -0.05) is 13.8 Å². The van der Waals surface area contributed by atoms with E-state index in [0.29, 0.717) is 4.90 Å². The van der Waals surface area contributed by atoms with Crippen molar-refractivity contribution >= 4 is 43.6 Å². The highest BCUT2D eigenvalue weighted by Gasteiger charge is 2.61. The van der Waals surface area contributed by atoms with Crippen molar-refractivity contribution in [2.45, 2.75) is 117 Å². The van der Waals surface area contributed by atoms with Crippen molar-refractivity contribution in [1.29, 1.82) is 0 Å². The summed E-state index contributed by atoms with van der Waals surface area (Å²) in [5, 5.41) is 3.10. The Hall–Kier alpha value is -3.24. The third-order valence-corrected chi connectivity index (χ3v) is 8.36. The lowest BCUT2D eigenvalue weighted by Gasteiger charge is -2.56. The molecule has 3 aliphatic heterocycles. The van der Waals surface area contributed by atoms with Crippen molar-refractivity contribution in [3.8, 4) is 0 Å². The molecule has 2 saturated heterocycles. The van der Waals surface area contributed by atoms with Crippen LogP contribution < -0.4 is 20.7 Å². The van der Waals surface area contributed by atoms with Gasteiger partial charge in [-0.15, -0.1) is 4.90 Å². The average Bonchev–Trinajstić information content (AvgIpc) is 2.85. The SMILES string of the molecule is COP1(=O)OCC2OC3C(Nc4c(nc(N(C(=O)OC(C)(C)C)C(=O)OC(C)(C)C)[nH]c4=O)N3C(=O)OC(C)(C)C)C(C)(C)C2O1. The van der Waals surface area contributed by atoms with Crippen LogP contribution in [0.1, 0.15) is 76.2 Å². The molecule has 0 aromatic carbocycles. The number of nitrogens with zero attached hydrogens (tertiary/aromatic N) is 3.